The van der Waals surface area contributed by atoms with E-state index < -0.39 is 0 Å². The molecule has 1 aliphatic rings. The number of hydrogen-bond donors (Lipinski definition) is 0. The van der Waals surface area contributed by atoms with Crippen LogP contribution in [0.25, 0.3) is 49.9 Å². The van der Waals surface area contributed by atoms with Gasteiger partial charge in [0.1, 0.15) is 24.0 Å². The maximum absolute atomic E-state index is 6.79. The Balaban J connectivity index is 1.03. The lowest BCUT2D eigenvalue weighted by Crippen LogP contribution is -2.25. The van der Waals surface area contributed by atoms with E-state index in [-0.39, 0.29) is 16.2 Å². The van der Waals surface area contributed by atoms with Gasteiger partial charge >= 0.3 is 0 Å². The number of benzene rings is 7. The third-order valence-electron chi connectivity index (χ3n) is 13.0. The molecular formula is C60H58N4O. The fourth-order valence-corrected chi connectivity index (χ4v) is 9.24. The number of aromatic nitrogens is 2. The predicted molar refractivity (Wildman–Crippen MR) is 274 cm³/mol. The molecule has 0 N–H and O–H groups in total. The van der Waals surface area contributed by atoms with Crippen LogP contribution in [0.3, 0.4) is 0 Å². The Kier molecular flexibility index (Phi) is 10.2. The highest BCUT2D eigenvalue weighted by molar-refractivity contribution is 6.09. The molecule has 324 valence electrons. The van der Waals surface area contributed by atoms with Crippen molar-refractivity contribution in [1.82, 2.24) is 9.55 Å². The van der Waals surface area contributed by atoms with Crippen LogP contribution >= 0.6 is 0 Å². The van der Waals surface area contributed by atoms with Gasteiger partial charge in [-0.05, 0) is 116 Å². The number of rotatable bonds is 7. The summed E-state index contributed by atoms with van der Waals surface area (Å²) in [6.45, 7) is 21.2. The second-order valence-corrected chi connectivity index (χ2v) is 20.7. The van der Waals surface area contributed by atoms with Crippen molar-refractivity contribution in [2.24, 2.45) is 0 Å². The van der Waals surface area contributed by atoms with Crippen LogP contribution in [0.2, 0.25) is 0 Å². The maximum Gasteiger partial charge on any atom is 0.137 e. The van der Waals surface area contributed by atoms with Crippen molar-refractivity contribution < 1.29 is 4.74 Å². The van der Waals surface area contributed by atoms with Crippen molar-refractivity contribution in [3.05, 3.63) is 193 Å². The molecule has 5 nitrogen and oxygen atoms in total. The number of pyridine rings is 1. The summed E-state index contributed by atoms with van der Waals surface area (Å²) in [5, 5.41) is 2.35. The second kappa shape index (κ2) is 15.8. The van der Waals surface area contributed by atoms with E-state index in [1.54, 1.807) is 0 Å². The van der Waals surface area contributed by atoms with Crippen molar-refractivity contribution in [3.8, 4) is 39.6 Å². The fourth-order valence-electron chi connectivity index (χ4n) is 9.24. The Morgan fingerprint density at radius 2 is 1.08 bits per heavy atom. The molecule has 0 unspecified atom stereocenters. The van der Waals surface area contributed by atoms with Gasteiger partial charge in [0, 0.05) is 40.4 Å². The predicted octanol–water partition coefficient (Wildman–Crippen LogP) is 16.4. The van der Waals surface area contributed by atoms with Crippen LogP contribution in [0, 0.1) is 0 Å². The summed E-state index contributed by atoms with van der Waals surface area (Å²) in [5.41, 5.74) is 15.4. The minimum absolute atomic E-state index is 0.00792. The summed E-state index contributed by atoms with van der Waals surface area (Å²) in [6, 6.07) is 61.6. The molecule has 0 atom stereocenters. The summed E-state index contributed by atoms with van der Waals surface area (Å²) in [5.74, 6) is 2.44. The van der Waals surface area contributed by atoms with E-state index in [1.807, 2.05) is 6.20 Å². The molecule has 7 aromatic carbocycles. The van der Waals surface area contributed by atoms with Crippen LogP contribution in [-0.4, -0.2) is 16.2 Å². The van der Waals surface area contributed by atoms with Crippen LogP contribution in [0.1, 0.15) is 79.0 Å². The molecule has 3 heterocycles. The Bertz CT molecular complexity index is 3230. The van der Waals surface area contributed by atoms with Gasteiger partial charge in [0.25, 0.3) is 0 Å². The Morgan fingerprint density at radius 1 is 0.431 bits per heavy atom. The first-order valence-corrected chi connectivity index (χ1v) is 22.9. The SMILES string of the molecule is CC(C)(C)c1cc(-c2ccccc2)cc(-c2ccc(C(C)(C)C)cc2N2CN(c3cccc(Oc4ccc5c6ccccc6n(-c6cc(C(C)(C)C)ccn6)c5c4)c3)c3ccccc32)c1. The lowest BCUT2D eigenvalue weighted by Gasteiger charge is -2.28. The average molecular weight is 851 g/mol. The van der Waals surface area contributed by atoms with Crippen molar-refractivity contribution in [1.29, 1.82) is 0 Å². The number of hydrogen-bond acceptors (Lipinski definition) is 4. The molecule has 0 radical (unpaired) electrons. The largest absolute Gasteiger partial charge is 0.457 e. The molecule has 10 rings (SSSR count). The molecule has 0 saturated heterocycles. The van der Waals surface area contributed by atoms with Gasteiger partial charge < -0.3 is 14.5 Å². The quantitative estimate of drug-likeness (QED) is 0.160. The lowest BCUT2D eigenvalue weighted by molar-refractivity contribution is 0.483. The summed E-state index contributed by atoms with van der Waals surface area (Å²) >= 11 is 0. The Labute approximate surface area is 384 Å². The maximum atomic E-state index is 6.79. The molecular weight excluding hydrogens is 793 g/mol. The first-order chi connectivity index (χ1) is 31.1. The highest BCUT2D eigenvalue weighted by atomic mass is 16.5. The smallest absolute Gasteiger partial charge is 0.137 e. The number of fused-ring (bicyclic) bond motifs is 4. The molecule has 1 aliphatic heterocycles. The van der Waals surface area contributed by atoms with E-state index in [2.05, 4.69) is 247 Å². The molecule has 0 fully saturated rings. The first-order valence-electron chi connectivity index (χ1n) is 22.9. The molecule has 0 saturated carbocycles. The van der Waals surface area contributed by atoms with Gasteiger partial charge in [0.15, 0.2) is 0 Å². The summed E-state index contributed by atoms with van der Waals surface area (Å²) < 4.78 is 9.06. The average Bonchev–Trinajstić information content (AvgIpc) is 3.84. The number of para-hydroxylation sites is 3. The van der Waals surface area contributed by atoms with E-state index in [0.717, 1.165) is 45.1 Å². The number of anilines is 4. The van der Waals surface area contributed by atoms with Gasteiger partial charge in [-0.1, -0.05) is 153 Å². The third kappa shape index (κ3) is 7.94. The first kappa shape index (κ1) is 41.9. The van der Waals surface area contributed by atoms with Gasteiger partial charge in [-0.25, -0.2) is 4.98 Å². The van der Waals surface area contributed by atoms with E-state index in [9.17, 15) is 0 Å². The van der Waals surface area contributed by atoms with Crippen LogP contribution in [0.15, 0.2) is 176 Å². The Morgan fingerprint density at radius 3 is 1.83 bits per heavy atom. The van der Waals surface area contributed by atoms with Crippen LogP contribution in [0.5, 0.6) is 11.5 Å². The summed E-state index contributed by atoms with van der Waals surface area (Å²) in [4.78, 5) is 9.80. The molecule has 9 aromatic rings. The zero-order chi connectivity index (χ0) is 45.3. The molecule has 0 bridgehead atoms. The van der Waals surface area contributed by atoms with Crippen molar-refractivity contribution in [3.63, 3.8) is 0 Å². The standard InChI is InChI=1S/C60H58N4O/c1-58(2,3)43-26-28-49(42-32-41(40-18-11-10-12-19-40)33-45(34-42)60(7,8)9)55(35-43)63-39-62(53-24-15-16-25-54(53)63)46-20-17-21-47(37-46)65-48-27-29-51-50-22-13-14-23-52(50)64(56(51)38-48)57-36-44(30-31-61-57)59(4,5)6/h10-38H,39H2,1-9H3. The molecule has 0 spiro atoms. The van der Waals surface area contributed by atoms with Crippen molar-refractivity contribution in [2.75, 3.05) is 16.5 Å². The van der Waals surface area contributed by atoms with Crippen LogP contribution in [-0.2, 0) is 16.2 Å². The topological polar surface area (TPSA) is 33.5 Å². The number of nitrogens with zero attached hydrogens (tertiary/aromatic N) is 4. The van der Waals surface area contributed by atoms with Gasteiger partial charge in [-0.15, -0.1) is 0 Å². The molecule has 65 heavy (non-hydrogen) atoms. The van der Waals surface area contributed by atoms with Crippen molar-refractivity contribution >= 4 is 44.6 Å². The van der Waals surface area contributed by atoms with Gasteiger partial charge in [0.2, 0.25) is 0 Å². The molecule has 0 aliphatic carbocycles. The highest BCUT2D eigenvalue weighted by Crippen LogP contribution is 2.49. The summed E-state index contributed by atoms with van der Waals surface area (Å²) in [7, 11) is 0. The van der Waals surface area contributed by atoms with Gasteiger partial charge in [0.05, 0.1) is 28.1 Å². The Hall–Kier alpha value is -7.11. The van der Waals surface area contributed by atoms with E-state index >= 15 is 0 Å². The second-order valence-electron chi connectivity index (χ2n) is 20.7. The van der Waals surface area contributed by atoms with Crippen LogP contribution < -0.4 is 14.5 Å². The lowest BCUT2D eigenvalue weighted by atomic mass is 9.82. The number of ether oxygens (including phenoxy) is 1. The van der Waals surface area contributed by atoms with E-state index in [4.69, 9.17) is 9.72 Å². The van der Waals surface area contributed by atoms with E-state index in [0.29, 0.717) is 6.67 Å². The fraction of sp³-hybridized carbons (Fsp3) is 0.217. The summed E-state index contributed by atoms with van der Waals surface area (Å²) in [6.07, 6.45) is 1.92. The minimum Gasteiger partial charge on any atom is -0.457 e. The van der Waals surface area contributed by atoms with Gasteiger partial charge in [-0.2, -0.15) is 0 Å². The van der Waals surface area contributed by atoms with Crippen LogP contribution in [0.4, 0.5) is 22.7 Å². The zero-order valence-corrected chi connectivity index (χ0v) is 39.1. The van der Waals surface area contributed by atoms with E-state index in [1.165, 1.54) is 55.7 Å². The minimum atomic E-state index is -0.0370. The highest BCUT2D eigenvalue weighted by Gasteiger charge is 2.31. The third-order valence-corrected chi connectivity index (χ3v) is 13.0. The molecule has 2 aromatic heterocycles. The van der Waals surface area contributed by atoms with Gasteiger partial charge in [-0.3, -0.25) is 4.57 Å². The molecule has 0 amide bonds. The monoisotopic (exact) mass is 850 g/mol. The zero-order valence-electron chi connectivity index (χ0n) is 39.1. The normalized spacial score (nSPS) is 13.2. The molecule has 5 heteroatoms. The van der Waals surface area contributed by atoms with Crippen molar-refractivity contribution in [2.45, 2.75) is 78.6 Å².